The van der Waals surface area contributed by atoms with Gasteiger partial charge < -0.3 is 47.0 Å². The van der Waals surface area contributed by atoms with Gasteiger partial charge in [-0.1, -0.05) is 50.3 Å². The minimum atomic E-state index is -1.14. The van der Waals surface area contributed by atoms with Crippen LogP contribution in [0.4, 0.5) is 10.5 Å². The maximum Gasteiger partial charge on any atom is 0.321 e. The molecule has 1 saturated heterocycles. The van der Waals surface area contributed by atoms with Crippen LogP contribution in [0.1, 0.15) is 68.3 Å². The van der Waals surface area contributed by atoms with Gasteiger partial charge in [0.15, 0.2) is 0 Å². The van der Waals surface area contributed by atoms with Crippen molar-refractivity contribution in [2.45, 2.75) is 75.9 Å². The van der Waals surface area contributed by atoms with Crippen molar-refractivity contribution in [3.05, 3.63) is 54.6 Å². The van der Waals surface area contributed by atoms with Crippen LogP contribution in [0.3, 0.4) is 0 Å². The third kappa shape index (κ3) is 13.3. The van der Waals surface area contributed by atoms with Crippen molar-refractivity contribution < 1.29 is 43.2 Å². The summed E-state index contributed by atoms with van der Waals surface area (Å²) in [7, 11) is 3.18. The van der Waals surface area contributed by atoms with Gasteiger partial charge in [0.05, 0.1) is 37.8 Å². The molecule has 2 heterocycles. The van der Waals surface area contributed by atoms with E-state index in [4.69, 9.17) is 0 Å². The van der Waals surface area contributed by atoms with Crippen LogP contribution >= 0.6 is 0 Å². The van der Waals surface area contributed by atoms with Gasteiger partial charge in [0.25, 0.3) is 11.8 Å². The second kappa shape index (κ2) is 22.2. The predicted octanol–water partition coefficient (Wildman–Crippen LogP) is -0.515. The summed E-state index contributed by atoms with van der Waals surface area (Å²) in [5.41, 5.74) is 0.526. The normalized spacial score (nSPS) is 18.8. The third-order valence-electron chi connectivity index (χ3n) is 11.2. The van der Waals surface area contributed by atoms with Crippen molar-refractivity contribution in [3.8, 4) is 0 Å². The molecule has 1 aromatic carbocycles. The average Bonchev–Trinajstić information content (AvgIpc) is 3.96. The molecule has 328 valence electrons. The highest BCUT2D eigenvalue weighted by Gasteiger charge is 2.41. The number of urea groups is 1. The van der Waals surface area contributed by atoms with Gasteiger partial charge in [0, 0.05) is 45.3 Å². The predicted molar refractivity (Wildman–Crippen MR) is 219 cm³/mol. The Morgan fingerprint density at radius 3 is 2.05 bits per heavy atom. The molecular weight excluding hydrogens is 791 g/mol. The van der Waals surface area contributed by atoms with E-state index in [1.807, 2.05) is 0 Å². The molecule has 0 radical (unpaired) electrons. The Morgan fingerprint density at radius 2 is 1.39 bits per heavy atom. The Morgan fingerprint density at radius 1 is 0.738 bits per heavy atom. The quantitative estimate of drug-likeness (QED) is 0.0997. The van der Waals surface area contributed by atoms with Crippen LogP contribution in [-0.4, -0.2) is 138 Å². The SMILES string of the molecule is CN(C)C(=O)C(NC(=O)CNC(=O)C(=O)CNC(=O)[C@@H]1CN(C(=O)Nc2ccccc2)C[C@@H]1NC(=O)CNC(=O)C(NC(=O)c1cnccn1)C1CCCCC1)C1CCCC1. The third-order valence-corrected chi connectivity index (χ3v) is 11.2. The summed E-state index contributed by atoms with van der Waals surface area (Å²) in [6.07, 6.45) is 11.7. The zero-order chi connectivity index (χ0) is 43.9. The van der Waals surface area contributed by atoms with Crippen LogP contribution in [0.15, 0.2) is 48.9 Å². The van der Waals surface area contributed by atoms with E-state index in [0.29, 0.717) is 18.5 Å². The number of Topliss-reactive ketones (excluding diaryl/α,β-unsaturated/α-hetero) is 1. The minimum Gasteiger partial charge on any atom is -0.349 e. The lowest BCUT2D eigenvalue weighted by atomic mass is 9.83. The highest BCUT2D eigenvalue weighted by molar-refractivity contribution is 6.37. The molecule has 2 saturated carbocycles. The average molecular weight is 846 g/mol. The van der Waals surface area contributed by atoms with Gasteiger partial charge in [-0.05, 0) is 49.7 Å². The van der Waals surface area contributed by atoms with E-state index in [2.05, 4.69) is 47.2 Å². The van der Waals surface area contributed by atoms with Crippen molar-refractivity contribution in [3.63, 3.8) is 0 Å². The van der Waals surface area contributed by atoms with Crippen LogP contribution in [0.5, 0.6) is 0 Å². The van der Waals surface area contributed by atoms with Gasteiger partial charge in [-0.3, -0.25) is 43.3 Å². The fourth-order valence-corrected chi connectivity index (χ4v) is 7.95. The number of carbonyl (C=O) groups excluding carboxylic acids is 9. The second-order valence-electron chi connectivity index (χ2n) is 15.8. The number of para-hydroxylation sites is 1. The second-order valence-corrected chi connectivity index (χ2v) is 15.8. The van der Waals surface area contributed by atoms with Crippen LogP contribution in [-0.2, 0) is 33.6 Å². The molecule has 0 spiro atoms. The molecule has 2 unspecified atom stereocenters. The molecule has 1 aromatic heterocycles. The summed E-state index contributed by atoms with van der Waals surface area (Å²) >= 11 is 0. The first-order valence-corrected chi connectivity index (χ1v) is 20.6. The molecule has 1 aliphatic heterocycles. The number of nitrogens with zero attached hydrogens (tertiary/aromatic N) is 4. The van der Waals surface area contributed by atoms with Crippen LogP contribution in [0.2, 0.25) is 0 Å². The summed E-state index contributed by atoms with van der Waals surface area (Å²) in [4.78, 5) is 128. The Kier molecular flexibility index (Phi) is 16.6. The molecule has 61 heavy (non-hydrogen) atoms. The lowest BCUT2D eigenvalue weighted by molar-refractivity contribution is -0.139. The number of amides is 9. The van der Waals surface area contributed by atoms with Crippen molar-refractivity contribution in [1.82, 2.24) is 51.7 Å². The van der Waals surface area contributed by atoms with Crippen molar-refractivity contribution in [2.24, 2.45) is 17.8 Å². The minimum absolute atomic E-state index is 0.0346. The van der Waals surface area contributed by atoms with E-state index in [9.17, 15) is 43.2 Å². The monoisotopic (exact) mass is 845 g/mol. The molecule has 2 aliphatic carbocycles. The van der Waals surface area contributed by atoms with Gasteiger partial charge >= 0.3 is 6.03 Å². The van der Waals surface area contributed by atoms with Crippen LogP contribution in [0.25, 0.3) is 0 Å². The number of hydrogen-bond donors (Lipinski definition) is 7. The molecule has 4 atom stereocenters. The lowest BCUT2D eigenvalue weighted by Crippen LogP contribution is -2.54. The fraction of sp³-hybridized carbons (Fsp3) is 0.537. The van der Waals surface area contributed by atoms with Crippen molar-refractivity contribution in [2.75, 3.05) is 52.1 Å². The summed E-state index contributed by atoms with van der Waals surface area (Å²) in [6, 6.07) is 5.34. The zero-order valence-corrected chi connectivity index (χ0v) is 34.4. The molecule has 9 amide bonds. The summed E-state index contributed by atoms with van der Waals surface area (Å²) < 4.78 is 0. The largest absolute Gasteiger partial charge is 0.349 e. The van der Waals surface area contributed by atoms with E-state index in [-0.39, 0.29) is 36.5 Å². The Labute approximate surface area is 353 Å². The fourth-order valence-electron chi connectivity index (χ4n) is 7.95. The number of rotatable bonds is 17. The van der Waals surface area contributed by atoms with Crippen LogP contribution < -0.4 is 37.2 Å². The van der Waals surface area contributed by atoms with Gasteiger partial charge in [0.1, 0.15) is 17.8 Å². The summed E-state index contributed by atoms with van der Waals surface area (Å²) in [5, 5.41) is 18.1. The lowest BCUT2D eigenvalue weighted by Gasteiger charge is -2.30. The van der Waals surface area contributed by atoms with Crippen molar-refractivity contribution in [1.29, 1.82) is 0 Å². The first kappa shape index (κ1) is 45.6. The molecule has 0 bridgehead atoms. The number of ketones is 1. The number of benzene rings is 1. The van der Waals surface area contributed by atoms with E-state index in [1.165, 1.54) is 28.4 Å². The number of aromatic nitrogens is 2. The standard InChI is InChI=1S/C41H55N11O9/c1-51(2)40(60)35(26-13-9-10-14-26)49-33(55)22-45-38(58)31(53)20-44-36(56)28-23-52(41(61)47-27-15-7-4-8-16-27)24-30(28)48-32(54)21-46-39(59)34(25-11-5-3-6-12-25)50-37(57)29-19-42-17-18-43-29/h4,7-8,15-19,25-26,28,30,34-35H,3,5-6,9-14,20-24H2,1-2H3,(H,44,56)(H,45,58)(H,46,59)(H,47,61)(H,48,54)(H,49,55)(H,50,57)/t28-,30+,34?,35?/m1/s1. The van der Waals surface area contributed by atoms with E-state index in [0.717, 1.165) is 44.9 Å². The van der Waals surface area contributed by atoms with Gasteiger partial charge in [-0.25, -0.2) is 9.78 Å². The first-order valence-electron chi connectivity index (χ1n) is 20.6. The maximum atomic E-state index is 13.5. The van der Waals surface area contributed by atoms with Crippen molar-refractivity contribution >= 4 is 58.9 Å². The first-order chi connectivity index (χ1) is 29.3. The Hall–Kier alpha value is -6.47. The molecule has 20 nitrogen and oxygen atoms in total. The molecule has 3 fully saturated rings. The Balaban J connectivity index is 1.17. The maximum absolute atomic E-state index is 13.5. The van der Waals surface area contributed by atoms with E-state index < -0.39 is 90.9 Å². The topological polar surface area (TPSA) is 270 Å². The van der Waals surface area contributed by atoms with E-state index in [1.54, 1.807) is 44.4 Å². The van der Waals surface area contributed by atoms with Crippen LogP contribution in [0, 0.1) is 17.8 Å². The molecule has 3 aliphatic rings. The number of nitrogens with one attached hydrogen (secondary N) is 7. The van der Waals surface area contributed by atoms with Gasteiger partial charge in [-0.15, -0.1) is 0 Å². The number of carbonyl (C=O) groups is 9. The number of anilines is 1. The number of likely N-dealkylation sites (tertiary alicyclic amines) is 1. The number of hydrogen-bond acceptors (Lipinski definition) is 11. The van der Waals surface area contributed by atoms with E-state index >= 15 is 0 Å². The highest BCUT2D eigenvalue weighted by atomic mass is 16.2. The molecule has 2 aromatic rings. The smallest absolute Gasteiger partial charge is 0.321 e. The Bertz CT molecular complexity index is 1900. The summed E-state index contributed by atoms with van der Waals surface area (Å²) in [5.74, 6) is -6.98. The van der Waals surface area contributed by atoms with Gasteiger partial charge in [0.2, 0.25) is 35.3 Å². The molecule has 5 rings (SSSR count). The molecule has 7 N–H and O–H groups in total. The molecular formula is C41H55N11O9. The molecule has 20 heteroatoms. The zero-order valence-electron chi connectivity index (χ0n) is 34.4. The highest BCUT2D eigenvalue weighted by Crippen LogP contribution is 2.29. The summed E-state index contributed by atoms with van der Waals surface area (Å²) in [6.45, 7) is -2.12. The number of likely N-dealkylation sites (N-methyl/N-ethyl adjacent to an activating group) is 1. The van der Waals surface area contributed by atoms with Gasteiger partial charge in [-0.2, -0.15) is 0 Å².